The number of rotatable bonds is 9. The molecule has 0 saturated carbocycles. The van der Waals surface area contributed by atoms with Gasteiger partial charge in [-0.2, -0.15) is 5.10 Å². The molecule has 12 nitrogen and oxygen atoms in total. The summed E-state index contributed by atoms with van der Waals surface area (Å²) in [5.74, 6) is -1.10. The van der Waals surface area contributed by atoms with E-state index in [1.54, 1.807) is 44.2 Å². The number of aromatic nitrogens is 2. The molecule has 1 aliphatic rings. The molecule has 3 heterocycles. The van der Waals surface area contributed by atoms with Crippen LogP contribution in [-0.4, -0.2) is 52.7 Å². The molecule has 2 aromatic carbocycles. The van der Waals surface area contributed by atoms with Crippen LogP contribution in [0.1, 0.15) is 43.2 Å². The van der Waals surface area contributed by atoms with Gasteiger partial charge in [-0.3, -0.25) is 14.4 Å². The molecule has 7 N–H and O–H groups in total. The normalized spacial score (nSPS) is 13.2. The van der Waals surface area contributed by atoms with Gasteiger partial charge in [-0.15, -0.1) is 5.10 Å². The van der Waals surface area contributed by atoms with Crippen LogP contribution in [0.15, 0.2) is 64.9 Å². The van der Waals surface area contributed by atoms with Gasteiger partial charge in [-0.1, -0.05) is 11.6 Å². The van der Waals surface area contributed by atoms with E-state index >= 15 is 0 Å². The van der Waals surface area contributed by atoms with Crippen LogP contribution in [0.25, 0.3) is 0 Å². The quantitative estimate of drug-likeness (QED) is 0.0708. The topological polar surface area (TPSA) is 179 Å². The Bertz CT molecular complexity index is 1830. The van der Waals surface area contributed by atoms with Gasteiger partial charge in [0.15, 0.2) is 5.71 Å². The summed E-state index contributed by atoms with van der Waals surface area (Å²) < 4.78 is 13.6. The Morgan fingerprint density at radius 2 is 1.91 bits per heavy atom. The fourth-order valence-corrected chi connectivity index (χ4v) is 4.72. The number of pyridine rings is 1. The third-order valence-corrected chi connectivity index (χ3v) is 6.99. The zero-order valence-electron chi connectivity index (χ0n) is 23.6. The molecule has 0 bridgehead atoms. The molecule has 0 radical (unpaired) electrons. The third-order valence-electron chi connectivity index (χ3n) is 6.75. The second-order valence-electron chi connectivity index (χ2n) is 9.80. The van der Waals surface area contributed by atoms with Gasteiger partial charge in [-0.05, 0) is 67.9 Å². The van der Waals surface area contributed by atoms with Crippen LogP contribution >= 0.6 is 11.6 Å². The number of aryl methyl sites for hydroxylation is 1. The van der Waals surface area contributed by atoms with Gasteiger partial charge in [0.25, 0.3) is 17.7 Å². The lowest BCUT2D eigenvalue weighted by molar-refractivity contribution is -0.110. The number of aromatic amines is 1. The van der Waals surface area contributed by atoms with Crippen molar-refractivity contribution in [3.8, 4) is 0 Å². The first-order valence-corrected chi connectivity index (χ1v) is 13.7. The van der Waals surface area contributed by atoms with Crippen molar-refractivity contribution in [1.82, 2.24) is 15.3 Å². The Hall–Kier alpha value is -5.56. The fourth-order valence-electron chi connectivity index (χ4n) is 4.54. The summed E-state index contributed by atoms with van der Waals surface area (Å²) >= 11 is 5.90. The van der Waals surface area contributed by atoms with Gasteiger partial charge in [0.1, 0.15) is 11.6 Å². The summed E-state index contributed by atoms with van der Waals surface area (Å²) in [4.78, 5) is 45.0. The second-order valence-corrected chi connectivity index (χ2v) is 10.2. The molecule has 0 saturated heterocycles. The van der Waals surface area contributed by atoms with Crippen molar-refractivity contribution in [3.05, 3.63) is 99.2 Å². The van der Waals surface area contributed by atoms with Crippen molar-refractivity contribution in [3.63, 3.8) is 0 Å². The van der Waals surface area contributed by atoms with Crippen LogP contribution in [-0.2, 0) is 4.79 Å². The number of nitrogens with zero attached hydrogens (tertiary/aromatic N) is 3. The Labute approximate surface area is 256 Å². The number of H-pyrrole nitrogens is 1. The Morgan fingerprint density at radius 3 is 2.66 bits per heavy atom. The number of nitrogens with two attached hydrogens (primary N) is 1. The monoisotopic (exact) mass is 615 g/mol. The van der Waals surface area contributed by atoms with Crippen LogP contribution in [0.4, 0.5) is 27.3 Å². The van der Waals surface area contributed by atoms with Gasteiger partial charge in [-0.25, -0.2) is 9.37 Å². The van der Waals surface area contributed by atoms with E-state index in [0.717, 1.165) is 0 Å². The minimum atomic E-state index is -0.491. The van der Waals surface area contributed by atoms with Crippen molar-refractivity contribution >= 4 is 64.1 Å². The van der Waals surface area contributed by atoms with Gasteiger partial charge < -0.3 is 32.0 Å². The molecule has 0 spiro atoms. The Morgan fingerprint density at radius 1 is 1.09 bits per heavy atom. The number of carbonyl (C=O) groups excluding carboxylic acids is 3. The van der Waals surface area contributed by atoms with E-state index in [1.165, 1.54) is 30.6 Å². The smallest absolute Gasteiger partial charge is 0.276 e. The van der Waals surface area contributed by atoms with Crippen LogP contribution < -0.4 is 27.0 Å². The van der Waals surface area contributed by atoms with Crippen molar-refractivity contribution in [2.24, 2.45) is 10.2 Å². The molecule has 0 aliphatic carbocycles. The molecule has 2 aromatic heterocycles. The SMILES string of the molecule is Cc1[nH]c(/C=N/N=C2\C(=O)Nc3ccc(F)cc32)c(C)c1C(=O)NCCNc1ccc(C(=O)Nc2ccc(Cl)cc2N)cn1. The van der Waals surface area contributed by atoms with E-state index in [9.17, 15) is 18.8 Å². The first kappa shape index (κ1) is 29.9. The highest BCUT2D eigenvalue weighted by Gasteiger charge is 2.26. The predicted octanol–water partition coefficient (Wildman–Crippen LogP) is 4.27. The Kier molecular flexibility index (Phi) is 8.67. The highest BCUT2D eigenvalue weighted by molar-refractivity contribution is 6.53. The molecular weight excluding hydrogens is 589 g/mol. The summed E-state index contributed by atoms with van der Waals surface area (Å²) in [6.07, 6.45) is 2.83. The van der Waals surface area contributed by atoms with E-state index in [-0.39, 0.29) is 17.5 Å². The van der Waals surface area contributed by atoms with Gasteiger partial charge in [0.2, 0.25) is 0 Å². The molecular formula is C30H27ClFN9O3. The molecule has 3 amide bonds. The number of anilines is 4. The highest BCUT2D eigenvalue weighted by Crippen LogP contribution is 2.25. The minimum Gasteiger partial charge on any atom is -0.397 e. The van der Waals surface area contributed by atoms with Crippen LogP contribution in [0, 0.1) is 19.7 Å². The van der Waals surface area contributed by atoms with Crippen LogP contribution in [0.5, 0.6) is 0 Å². The van der Waals surface area contributed by atoms with E-state index in [0.29, 0.717) is 74.6 Å². The highest BCUT2D eigenvalue weighted by atomic mass is 35.5. The summed E-state index contributed by atoms with van der Waals surface area (Å²) in [6.45, 7) is 4.20. The average Bonchev–Trinajstić information content (AvgIpc) is 3.46. The summed E-state index contributed by atoms with van der Waals surface area (Å²) in [5.41, 5.74) is 10.1. The average molecular weight is 616 g/mol. The molecule has 5 rings (SSSR count). The molecule has 0 atom stereocenters. The van der Waals surface area contributed by atoms with Crippen molar-refractivity contribution in [1.29, 1.82) is 0 Å². The predicted molar refractivity (Wildman–Crippen MR) is 168 cm³/mol. The zero-order valence-corrected chi connectivity index (χ0v) is 24.3. The fraction of sp³-hybridized carbons (Fsp3) is 0.133. The standard InChI is InChI=1S/C30H27ClFN9O3/c1-15-24(14-37-41-27-20-12-19(32)5-7-22(20)39-30(27)44)38-16(2)26(15)29(43)35-10-9-34-25-8-3-17(13-36-25)28(42)40-23-6-4-18(31)11-21(23)33/h3-8,11-14,38H,9-10,33H2,1-2H3,(H,34,36)(H,35,43)(H,40,42)(H,39,41,44)/b37-14+. The van der Waals surface area contributed by atoms with Gasteiger partial charge in [0, 0.05) is 35.6 Å². The molecule has 0 unspecified atom stereocenters. The van der Waals surface area contributed by atoms with Crippen LogP contribution in [0.2, 0.25) is 5.02 Å². The number of benzene rings is 2. The lowest BCUT2D eigenvalue weighted by atomic mass is 10.1. The number of nitrogen functional groups attached to an aromatic ring is 1. The number of amides is 3. The lowest BCUT2D eigenvalue weighted by Gasteiger charge is -2.10. The summed E-state index contributed by atoms with van der Waals surface area (Å²) in [5, 5.41) is 19.7. The number of halogens is 2. The summed E-state index contributed by atoms with van der Waals surface area (Å²) in [7, 11) is 0. The molecule has 0 fully saturated rings. The maximum absolute atomic E-state index is 13.6. The summed E-state index contributed by atoms with van der Waals surface area (Å²) in [6, 6.07) is 12.0. The van der Waals surface area contributed by atoms with Crippen LogP contribution in [0.3, 0.4) is 0 Å². The van der Waals surface area contributed by atoms with Gasteiger partial charge in [0.05, 0.1) is 40.1 Å². The maximum atomic E-state index is 13.6. The van der Waals surface area contributed by atoms with Crippen molar-refractivity contribution in [2.45, 2.75) is 13.8 Å². The molecule has 1 aliphatic heterocycles. The maximum Gasteiger partial charge on any atom is 0.276 e. The molecule has 224 valence electrons. The van der Waals surface area contributed by atoms with Crippen molar-refractivity contribution < 1.29 is 18.8 Å². The molecule has 14 heteroatoms. The first-order chi connectivity index (χ1) is 21.1. The van der Waals surface area contributed by atoms with Crippen molar-refractivity contribution in [2.75, 3.05) is 34.8 Å². The van der Waals surface area contributed by atoms with E-state index in [4.69, 9.17) is 17.3 Å². The first-order valence-electron chi connectivity index (χ1n) is 13.4. The van der Waals surface area contributed by atoms with E-state index in [2.05, 4.69) is 41.4 Å². The lowest BCUT2D eigenvalue weighted by Crippen LogP contribution is -2.29. The largest absolute Gasteiger partial charge is 0.397 e. The number of hydrogen-bond donors (Lipinski definition) is 6. The number of fused-ring (bicyclic) bond motifs is 1. The zero-order chi connectivity index (χ0) is 31.4. The number of carbonyl (C=O) groups is 3. The molecule has 44 heavy (non-hydrogen) atoms. The Balaban J connectivity index is 1.13. The number of hydrogen-bond acceptors (Lipinski definition) is 8. The molecule has 4 aromatic rings. The second kappa shape index (κ2) is 12.8. The third kappa shape index (κ3) is 6.57. The number of nitrogens with one attached hydrogen (secondary N) is 5. The van der Waals surface area contributed by atoms with E-state index in [1.807, 2.05) is 0 Å². The van der Waals surface area contributed by atoms with Gasteiger partial charge >= 0.3 is 0 Å². The minimum absolute atomic E-state index is 0.00216. The van der Waals surface area contributed by atoms with E-state index < -0.39 is 11.7 Å².